The maximum atomic E-state index is 6.28. The Bertz CT molecular complexity index is 285. The third kappa shape index (κ3) is 1.56. The molecule has 1 aromatic rings. The predicted molar refractivity (Wildman–Crippen MR) is 50.9 cm³/mol. The summed E-state index contributed by atoms with van der Waals surface area (Å²) >= 11 is 0. The van der Waals surface area contributed by atoms with Crippen molar-refractivity contribution in [2.45, 2.75) is 31.7 Å². The van der Waals surface area contributed by atoms with Crippen molar-refractivity contribution >= 4 is 0 Å². The van der Waals surface area contributed by atoms with Gasteiger partial charge < -0.3 is 5.73 Å². The van der Waals surface area contributed by atoms with Gasteiger partial charge in [0.2, 0.25) is 0 Å². The van der Waals surface area contributed by atoms with Crippen molar-refractivity contribution in [1.29, 1.82) is 0 Å². The molecule has 0 aliphatic heterocycles. The number of rotatable bonds is 1. The Morgan fingerprint density at radius 1 is 1.62 bits per heavy atom. The summed E-state index contributed by atoms with van der Waals surface area (Å²) in [6.45, 7) is 2.25. The SMILES string of the molecule is CC1CCC(N)(c2ccncn2)C1. The molecule has 13 heavy (non-hydrogen) atoms. The molecule has 0 radical (unpaired) electrons. The van der Waals surface area contributed by atoms with Crippen molar-refractivity contribution in [2.24, 2.45) is 11.7 Å². The maximum absolute atomic E-state index is 6.28. The summed E-state index contributed by atoms with van der Waals surface area (Å²) < 4.78 is 0. The van der Waals surface area contributed by atoms with Crippen molar-refractivity contribution in [3.05, 3.63) is 24.3 Å². The molecule has 2 N–H and O–H groups in total. The van der Waals surface area contributed by atoms with E-state index in [0.717, 1.165) is 24.5 Å². The summed E-state index contributed by atoms with van der Waals surface area (Å²) in [5.41, 5.74) is 7.08. The molecule has 1 heterocycles. The second-order valence-corrected chi connectivity index (χ2v) is 4.10. The van der Waals surface area contributed by atoms with Crippen LogP contribution in [0.3, 0.4) is 0 Å². The van der Waals surface area contributed by atoms with Crippen molar-refractivity contribution in [3.8, 4) is 0 Å². The Morgan fingerprint density at radius 3 is 3.00 bits per heavy atom. The van der Waals surface area contributed by atoms with Gasteiger partial charge in [0, 0.05) is 6.20 Å². The molecule has 0 amide bonds. The van der Waals surface area contributed by atoms with Crippen LogP contribution in [0.1, 0.15) is 31.9 Å². The van der Waals surface area contributed by atoms with Crippen molar-refractivity contribution in [2.75, 3.05) is 0 Å². The lowest BCUT2D eigenvalue weighted by Gasteiger charge is -2.22. The number of nitrogens with two attached hydrogens (primary N) is 1. The van der Waals surface area contributed by atoms with Crippen LogP contribution >= 0.6 is 0 Å². The van der Waals surface area contributed by atoms with E-state index >= 15 is 0 Å². The molecule has 1 aliphatic carbocycles. The van der Waals surface area contributed by atoms with Gasteiger partial charge in [0.15, 0.2) is 0 Å². The van der Waals surface area contributed by atoms with Crippen LogP contribution < -0.4 is 5.73 Å². The molecule has 1 aromatic heterocycles. The monoisotopic (exact) mass is 177 g/mol. The third-order valence-corrected chi connectivity index (χ3v) is 2.89. The molecule has 0 bridgehead atoms. The molecular formula is C10H15N3. The molecule has 1 aliphatic rings. The molecule has 70 valence electrons. The molecule has 3 nitrogen and oxygen atoms in total. The highest BCUT2D eigenvalue weighted by molar-refractivity contribution is 5.14. The third-order valence-electron chi connectivity index (χ3n) is 2.89. The molecular weight excluding hydrogens is 162 g/mol. The summed E-state index contributed by atoms with van der Waals surface area (Å²) in [6, 6.07) is 1.93. The summed E-state index contributed by atoms with van der Waals surface area (Å²) in [7, 11) is 0. The van der Waals surface area contributed by atoms with Gasteiger partial charge in [0.05, 0.1) is 11.2 Å². The van der Waals surface area contributed by atoms with Crippen LogP contribution in [0, 0.1) is 5.92 Å². The number of hydrogen-bond acceptors (Lipinski definition) is 3. The zero-order valence-electron chi connectivity index (χ0n) is 7.90. The number of nitrogens with zero attached hydrogens (tertiary/aromatic N) is 2. The molecule has 2 rings (SSSR count). The molecule has 1 fully saturated rings. The Hall–Kier alpha value is -0.960. The Labute approximate surface area is 78.4 Å². The van der Waals surface area contributed by atoms with Gasteiger partial charge in [-0.25, -0.2) is 9.97 Å². The normalized spacial score (nSPS) is 33.5. The lowest BCUT2D eigenvalue weighted by atomic mass is 9.93. The quantitative estimate of drug-likeness (QED) is 0.706. The topological polar surface area (TPSA) is 51.8 Å². The first kappa shape index (κ1) is 8.63. The average Bonchev–Trinajstić information content (AvgIpc) is 2.49. The minimum atomic E-state index is -0.192. The van der Waals surface area contributed by atoms with Gasteiger partial charge in [-0.2, -0.15) is 0 Å². The maximum Gasteiger partial charge on any atom is 0.115 e. The molecule has 0 aromatic carbocycles. The fraction of sp³-hybridized carbons (Fsp3) is 0.600. The summed E-state index contributed by atoms with van der Waals surface area (Å²) in [4.78, 5) is 8.13. The summed E-state index contributed by atoms with van der Waals surface area (Å²) in [5.74, 6) is 0.722. The van der Waals surface area contributed by atoms with Crippen LogP contribution in [0.2, 0.25) is 0 Å². The van der Waals surface area contributed by atoms with Crippen LogP contribution in [0.25, 0.3) is 0 Å². The van der Waals surface area contributed by atoms with Crippen molar-refractivity contribution in [3.63, 3.8) is 0 Å². The zero-order chi connectivity index (χ0) is 9.31. The highest BCUT2D eigenvalue weighted by Gasteiger charge is 2.36. The Kier molecular flexibility index (Phi) is 2.04. The number of aromatic nitrogens is 2. The van der Waals surface area contributed by atoms with E-state index in [2.05, 4.69) is 16.9 Å². The van der Waals surface area contributed by atoms with E-state index in [4.69, 9.17) is 5.73 Å². The minimum absolute atomic E-state index is 0.192. The first-order valence-electron chi connectivity index (χ1n) is 4.76. The molecule has 0 spiro atoms. The van der Waals surface area contributed by atoms with Crippen LogP contribution in [-0.4, -0.2) is 9.97 Å². The van der Waals surface area contributed by atoms with Gasteiger partial charge in [-0.15, -0.1) is 0 Å². The van der Waals surface area contributed by atoms with E-state index in [9.17, 15) is 0 Å². The van der Waals surface area contributed by atoms with Crippen LogP contribution in [0.15, 0.2) is 18.6 Å². The van der Waals surface area contributed by atoms with E-state index in [-0.39, 0.29) is 5.54 Å². The van der Waals surface area contributed by atoms with Gasteiger partial charge in [-0.05, 0) is 31.2 Å². The minimum Gasteiger partial charge on any atom is -0.320 e. The number of hydrogen-bond donors (Lipinski definition) is 1. The van der Waals surface area contributed by atoms with E-state index in [1.807, 2.05) is 6.07 Å². The average molecular weight is 177 g/mol. The lowest BCUT2D eigenvalue weighted by Crippen LogP contribution is -2.34. The molecule has 1 saturated carbocycles. The van der Waals surface area contributed by atoms with Crippen LogP contribution in [0.5, 0.6) is 0 Å². The Balaban J connectivity index is 2.26. The molecule has 2 unspecified atom stereocenters. The summed E-state index contributed by atoms with van der Waals surface area (Å²) in [5, 5.41) is 0. The molecule has 3 heteroatoms. The predicted octanol–water partition coefficient (Wildman–Crippen LogP) is 1.45. The van der Waals surface area contributed by atoms with Gasteiger partial charge in [-0.3, -0.25) is 0 Å². The van der Waals surface area contributed by atoms with E-state index < -0.39 is 0 Å². The van der Waals surface area contributed by atoms with E-state index in [1.165, 1.54) is 6.42 Å². The fourth-order valence-corrected chi connectivity index (χ4v) is 2.15. The lowest BCUT2D eigenvalue weighted by molar-refractivity contribution is 0.427. The van der Waals surface area contributed by atoms with Gasteiger partial charge in [0.25, 0.3) is 0 Å². The van der Waals surface area contributed by atoms with Gasteiger partial charge in [0.1, 0.15) is 6.33 Å². The second-order valence-electron chi connectivity index (χ2n) is 4.10. The molecule has 2 atom stereocenters. The highest BCUT2D eigenvalue weighted by atomic mass is 14.9. The van der Waals surface area contributed by atoms with E-state index in [0.29, 0.717) is 0 Å². The standard InChI is InChI=1S/C10H15N3/c1-8-2-4-10(11,6-8)9-3-5-12-7-13-9/h3,5,7-8H,2,4,6,11H2,1H3. The zero-order valence-corrected chi connectivity index (χ0v) is 7.90. The van der Waals surface area contributed by atoms with Gasteiger partial charge in [-0.1, -0.05) is 6.92 Å². The Morgan fingerprint density at radius 2 is 2.46 bits per heavy atom. The van der Waals surface area contributed by atoms with Gasteiger partial charge >= 0.3 is 0 Å². The second kappa shape index (κ2) is 3.07. The van der Waals surface area contributed by atoms with Crippen LogP contribution in [0.4, 0.5) is 0 Å². The summed E-state index contributed by atoms with van der Waals surface area (Å²) in [6.07, 6.45) is 6.64. The highest BCUT2D eigenvalue weighted by Crippen LogP contribution is 2.38. The smallest absolute Gasteiger partial charge is 0.115 e. The van der Waals surface area contributed by atoms with Crippen molar-refractivity contribution < 1.29 is 0 Å². The first-order valence-corrected chi connectivity index (χ1v) is 4.76. The fourth-order valence-electron chi connectivity index (χ4n) is 2.15. The van der Waals surface area contributed by atoms with Crippen molar-refractivity contribution in [1.82, 2.24) is 9.97 Å². The van der Waals surface area contributed by atoms with E-state index in [1.54, 1.807) is 12.5 Å². The first-order chi connectivity index (χ1) is 6.21. The van der Waals surface area contributed by atoms with Crippen LogP contribution in [-0.2, 0) is 5.54 Å². The molecule has 0 saturated heterocycles. The largest absolute Gasteiger partial charge is 0.320 e.